The molecule has 0 aliphatic carbocycles. The third-order valence-corrected chi connectivity index (χ3v) is 12.6. The lowest BCUT2D eigenvalue weighted by Crippen LogP contribution is -1.99. The van der Waals surface area contributed by atoms with Crippen LogP contribution in [-0.4, -0.2) is 0 Å². The molecule has 0 saturated carbocycles. The molecule has 4 aromatic rings. The number of unbranched alkanes of at least 4 members (excludes halogenated alkanes) is 21. The van der Waals surface area contributed by atoms with Gasteiger partial charge in [-0.3, -0.25) is 0 Å². The zero-order valence-corrected chi connectivity index (χ0v) is 37.5. The molecule has 0 fully saturated rings. The number of anilines is 2. The highest BCUT2D eigenvalue weighted by molar-refractivity contribution is 5.43. The van der Waals surface area contributed by atoms with E-state index in [1.54, 1.807) is 22.3 Å². The van der Waals surface area contributed by atoms with E-state index >= 15 is 0 Å². The van der Waals surface area contributed by atoms with Crippen LogP contribution in [0.2, 0.25) is 0 Å². The van der Waals surface area contributed by atoms with Crippen LogP contribution in [0.1, 0.15) is 212 Å². The molecule has 0 saturated heterocycles. The predicted octanol–water partition coefficient (Wildman–Crippen LogP) is 16.3. The Morgan fingerprint density at radius 2 is 0.534 bits per heavy atom. The summed E-state index contributed by atoms with van der Waals surface area (Å²) in [5, 5.41) is 0. The van der Waals surface area contributed by atoms with E-state index in [9.17, 15) is 0 Å². The second-order valence-corrected chi connectivity index (χ2v) is 17.8. The van der Waals surface area contributed by atoms with E-state index < -0.39 is 0 Å². The zero-order chi connectivity index (χ0) is 40.9. The van der Waals surface area contributed by atoms with E-state index in [-0.39, 0.29) is 0 Å². The van der Waals surface area contributed by atoms with Gasteiger partial charge in [0.25, 0.3) is 0 Å². The summed E-state index contributed by atoms with van der Waals surface area (Å²) in [6.07, 6.45) is 40.1. The summed E-state index contributed by atoms with van der Waals surface area (Å²) in [5.41, 5.74) is 25.5. The summed E-state index contributed by atoms with van der Waals surface area (Å²) in [5.74, 6) is 0. The molecule has 2 heteroatoms. The van der Waals surface area contributed by atoms with Gasteiger partial charge in [-0.05, 0) is 133 Å². The minimum absolute atomic E-state index is 0.844. The summed E-state index contributed by atoms with van der Waals surface area (Å²) in [4.78, 5) is 0. The van der Waals surface area contributed by atoms with Crippen molar-refractivity contribution >= 4 is 11.4 Å². The average molecular weight is 785 g/mol. The van der Waals surface area contributed by atoms with Crippen LogP contribution in [0.5, 0.6) is 0 Å². The van der Waals surface area contributed by atoms with Gasteiger partial charge in [-0.25, -0.2) is 0 Å². The Kier molecular flexibility index (Phi) is 24.1. The van der Waals surface area contributed by atoms with Crippen molar-refractivity contribution in [3.63, 3.8) is 0 Å². The van der Waals surface area contributed by atoms with Crippen molar-refractivity contribution in [2.75, 3.05) is 11.5 Å². The molecule has 0 spiro atoms. The predicted molar refractivity (Wildman–Crippen MR) is 257 cm³/mol. The van der Waals surface area contributed by atoms with E-state index in [0.29, 0.717) is 0 Å². The highest BCUT2D eigenvalue weighted by atomic mass is 14.5. The van der Waals surface area contributed by atoms with Crippen LogP contribution < -0.4 is 11.5 Å². The molecule has 0 aliphatic heterocycles. The minimum atomic E-state index is 0.844. The molecule has 4 N–H and O–H groups in total. The summed E-state index contributed by atoms with van der Waals surface area (Å²) in [7, 11) is 0. The molecule has 0 amide bonds. The largest absolute Gasteiger partial charge is 0.399 e. The fraction of sp³-hybridized carbons (Fsp3) is 0.571. The highest BCUT2D eigenvalue weighted by Gasteiger charge is 2.08. The van der Waals surface area contributed by atoms with Crippen LogP contribution in [-0.2, 0) is 38.5 Å². The summed E-state index contributed by atoms with van der Waals surface area (Å²) in [6, 6.07) is 31.4. The monoisotopic (exact) mass is 785 g/mol. The van der Waals surface area contributed by atoms with Gasteiger partial charge < -0.3 is 11.5 Å². The molecule has 318 valence electrons. The topological polar surface area (TPSA) is 52.0 Å². The lowest BCUT2D eigenvalue weighted by molar-refractivity contribution is 0.527. The molecular formula is C56H84N2. The van der Waals surface area contributed by atoms with Crippen molar-refractivity contribution < 1.29 is 0 Å². The van der Waals surface area contributed by atoms with Crippen molar-refractivity contribution in [1.29, 1.82) is 0 Å². The second-order valence-electron chi connectivity index (χ2n) is 17.8. The lowest BCUT2D eigenvalue weighted by Gasteiger charge is -2.13. The second kappa shape index (κ2) is 29.7. The van der Waals surface area contributed by atoms with Gasteiger partial charge in [0.2, 0.25) is 0 Å². The Morgan fingerprint density at radius 3 is 0.845 bits per heavy atom. The SMILES string of the molecule is CCCCCCc1cc(Cc2ccc(N)cc2)ccc1CCCCCCCCCCCCCCCCCCc1ccc(Cc2ccc(N)cc2)cc1CCCCCC. The maximum absolute atomic E-state index is 5.92. The van der Waals surface area contributed by atoms with Crippen molar-refractivity contribution in [3.05, 3.63) is 129 Å². The quantitative estimate of drug-likeness (QED) is 0.0373. The van der Waals surface area contributed by atoms with Gasteiger partial charge >= 0.3 is 0 Å². The maximum atomic E-state index is 5.92. The summed E-state index contributed by atoms with van der Waals surface area (Å²) < 4.78 is 0. The summed E-state index contributed by atoms with van der Waals surface area (Å²) >= 11 is 0. The van der Waals surface area contributed by atoms with E-state index in [1.807, 2.05) is 24.3 Å². The number of nitrogen functional groups attached to an aromatic ring is 2. The summed E-state index contributed by atoms with van der Waals surface area (Å²) in [6.45, 7) is 4.61. The number of aryl methyl sites for hydroxylation is 4. The molecule has 0 unspecified atom stereocenters. The average Bonchev–Trinajstić information content (AvgIpc) is 3.23. The van der Waals surface area contributed by atoms with E-state index in [2.05, 4.69) is 74.5 Å². The molecule has 0 aromatic heterocycles. The van der Waals surface area contributed by atoms with Crippen LogP contribution in [0.3, 0.4) is 0 Å². The lowest BCUT2D eigenvalue weighted by atomic mass is 9.93. The molecule has 4 aromatic carbocycles. The zero-order valence-electron chi connectivity index (χ0n) is 37.5. The number of nitrogens with two attached hydrogens (primary N) is 2. The van der Waals surface area contributed by atoms with E-state index in [4.69, 9.17) is 11.5 Å². The third-order valence-electron chi connectivity index (χ3n) is 12.6. The van der Waals surface area contributed by atoms with Gasteiger partial charge in [0.1, 0.15) is 0 Å². The Labute approximate surface area is 357 Å². The first kappa shape index (κ1) is 47.2. The van der Waals surface area contributed by atoms with E-state index in [1.165, 1.54) is 202 Å². The third kappa shape index (κ3) is 20.0. The standard InChI is InChI=1S/C56H84N2/c1-3-5-7-23-29-53-45-49(43-47-33-39-55(57)40-34-47)31-37-51(53)27-25-21-19-17-15-13-11-9-10-12-14-16-18-20-22-26-28-52-38-32-50(44-48-35-41-56(58)42-36-48)46-54(52)30-24-8-6-4-2/h31-42,45-46H,3-30,43-44,57-58H2,1-2H3. The molecule has 0 atom stereocenters. The first-order valence-electron chi connectivity index (χ1n) is 24.4. The molecule has 58 heavy (non-hydrogen) atoms. The van der Waals surface area contributed by atoms with Gasteiger partial charge in [-0.2, -0.15) is 0 Å². The van der Waals surface area contributed by atoms with Crippen molar-refractivity contribution in [2.45, 2.75) is 206 Å². The Balaban J connectivity index is 0.992. The fourth-order valence-corrected chi connectivity index (χ4v) is 8.86. The van der Waals surface area contributed by atoms with Crippen LogP contribution in [0.25, 0.3) is 0 Å². The number of rotatable bonds is 33. The molecular weight excluding hydrogens is 701 g/mol. The molecule has 0 heterocycles. The smallest absolute Gasteiger partial charge is 0.0314 e. The van der Waals surface area contributed by atoms with E-state index in [0.717, 1.165) is 24.2 Å². The minimum Gasteiger partial charge on any atom is -0.399 e. The molecule has 0 aliphatic rings. The van der Waals surface area contributed by atoms with Crippen molar-refractivity contribution in [2.24, 2.45) is 0 Å². The molecule has 0 bridgehead atoms. The molecule has 2 nitrogen and oxygen atoms in total. The van der Waals surface area contributed by atoms with Crippen LogP contribution in [0.4, 0.5) is 11.4 Å². The van der Waals surface area contributed by atoms with Crippen molar-refractivity contribution in [1.82, 2.24) is 0 Å². The highest BCUT2D eigenvalue weighted by Crippen LogP contribution is 2.24. The molecule has 4 rings (SSSR count). The Morgan fingerprint density at radius 1 is 0.276 bits per heavy atom. The normalized spacial score (nSPS) is 11.4. The Hall–Kier alpha value is -3.52. The van der Waals surface area contributed by atoms with Gasteiger partial charge in [0.15, 0.2) is 0 Å². The number of hydrogen-bond acceptors (Lipinski definition) is 2. The van der Waals surface area contributed by atoms with Gasteiger partial charge in [-0.1, -0.05) is 203 Å². The first-order chi connectivity index (χ1) is 28.5. The molecule has 0 radical (unpaired) electrons. The Bertz CT molecular complexity index is 1490. The maximum Gasteiger partial charge on any atom is 0.0314 e. The fourth-order valence-electron chi connectivity index (χ4n) is 8.86. The van der Waals surface area contributed by atoms with Crippen molar-refractivity contribution in [3.8, 4) is 0 Å². The van der Waals surface area contributed by atoms with Crippen LogP contribution in [0, 0.1) is 0 Å². The number of benzene rings is 4. The van der Waals surface area contributed by atoms with Gasteiger partial charge in [-0.15, -0.1) is 0 Å². The van der Waals surface area contributed by atoms with Gasteiger partial charge in [0.05, 0.1) is 0 Å². The van der Waals surface area contributed by atoms with Crippen LogP contribution in [0.15, 0.2) is 84.9 Å². The van der Waals surface area contributed by atoms with Gasteiger partial charge in [0, 0.05) is 11.4 Å². The first-order valence-corrected chi connectivity index (χ1v) is 24.4. The van der Waals surface area contributed by atoms with Crippen LogP contribution >= 0.6 is 0 Å². The number of hydrogen-bond donors (Lipinski definition) is 2.